The van der Waals surface area contributed by atoms with Gasteiger partial charge in [-0.2, -0.15) is 0 Å². The summed E-state index contributed by atoms with van der Waals surface area (Å²) in [6, 6.07) is 0. The van der Waals surface area contributed by atoms with E-state index in [-0.39, 0.29) is 12.0 Å². The first-order chi connectivity index (χ1) is 9.24. The van der Waals surface area contributed by atoms with E-state index in [1.807, 2.05) is 11.8 Å². The van der Waals surface area contributed by atoms with E-state index in [1.54, 1.807) is 13.3 Å². The Morgan fingerprint density at radius 3 is 2.84 bits per heavy atom. The zero-order valence-corrected chi connectivity index (χ0v) is 11.4. The van der Waals surface area contributed by atoms with Crippen molar-refractivity contribution in [1.82, 2.24) is 14.9 Å². The van der Waals surface area contributed by atoms with Crippen LogP contribution in [0.3, 0.4) is 0 Å². The van der Waals surface area contributed by atoms with Crippen LogP contribution in [-0.4, -0.2) is 53.6 Å². The molecule has 0 aromatic carbocycles. The number of methoxy groups -OCH3 is 1. The Bertz CT molecular complexity index is 430. The lowest BCUT2D eigenvalue weighted by Crippen LogP contribution is -2.41. The Hall–Kier alpha value is -1.69. The number of aromatic nitrogens is 2. The molecule has 0 bridgehead atoms. The van der Waals surface area contributed by atoms with Gasteiger partial charge < -0.3 is 15.0 Å². The fraction of sp³-hybridized carbons (Fsp3) is 0.615. The molecular formula is C13H20N4O2. The summed E-state index contributed by atoms with van der Waals surface area (Å²) in [6.45, 7) is 4.16. The predicted octanol–water partition coefficient (Wildman–Crippen LogP) is 1.16. The van der Waals surface area contributed by atoms with Gasteiger partial charge >= 0.3 is 0 Å². The van der Waals surface area contributed by atoms with E-state index in [0.717, 1.165) is 19.4 Å². The molecule has 19 heavy (non-hydrogen) atoms. The van der Waals surface area contributed by atoms with Gasteiger partial charge in [0.05, 0.1) is 18.5 Å². The number of carbonyl (C=O) groups excluding carboxylic acids is 1. The molecule has 0 atom stereocenters. The molecule has 6 heteroatoms. The monoisotopic (exact) mass is 264 g/mol. The summed E-state index contributed by atoms with van der Waals surface area (Å²) in [4.78, 5) is 22.5. The van der Waals surface area contributed by atoms with Gasteiger partial charge in [-0.25, -0.2) is 4.98 Å². The maximum atomic E-state index is 12.3. The topological polar surface area (TPSA) is 67.4 Å². The lowest BCUT2D eigenvalue weighted by molar-refractivity contribution is 0.0347. The van der Waals surface area contributed by atoms with Gasteiger partial charge in [0.2, 0.25) is 0 Å². The third-order valence-corrected chi connectivity index (χ3v) is 3.27. The van der Waals surface area contributed by atoms with E-state index >= 15 is 0 Å². The largest absolute Gasteiger partial charge is 0.381 e. The lowest BCUT2D eigenvalue weighted by Gasteiger charge is -2.30. The Balaban J connectivity index is 2.01. The van der Waals surface area contributed by atoms with Gasteiger partial charge in [-0.1, -0.05) is 0 Å². The van der Waals surface area contributed by atoms with Gasteiger partial charge in [0, 0.05) is 26.7 Å². The minimum Gasteiger partial charge on any atom is -0.381 e. The second-order valence-electron chi connectivity index (χ2n) is 4.55. The standard InChI is InChI=1S/C13H20N4O2/c1-3-15-12-9-14-8-11(16-12)13(18)17-6-4-10(19-2)5-7-17/h8-10H,3-7H2,1-2H3,(H,15,16). The molecule has 2 heterocycles. The van der Waals surface area contributed by atoms with Crippen LogP contribution in [0.5, 0.6) is 0 Å². The van der Waals surface area contributed by atoms with E-state index in [4.69, 9.17) is 4.74 Å². The average Bonchev–Trinajstić information content (AvgIpc) is 2.47. The summed E-state index contributed by atoms with van der Waals surface area (Å²) in [5.41, 5.74) is 0.398. The number of anilines is 1. The lowest BCUT2D eigenvalue weighted by atomic mass is 10.1. The number of nitrogens with one attached hydrogen (secondary N) is 1. The highest BCUT2D eigenvalue weighted by molar-refractivity contribution is 5.92. The van der Waals surface area contributed by atoms with Crippen LogP contribution in [0.15, 0.2) is 12.4 Å². The minimum absolute atomic E-state index is 0.0539. The summed E-state index contributed by atoms with van der Waals surface area (Å²) in [5, 5.41) is 3.06. The van der Waals surface area contributed by atoms with Gasteiger partial charge in [-0.3, -0.25) is 9.78 Å². The van der Waals surface area contributed by atoms with Gasteiger partial charge in [0.25, 0.3) is 5.91 Å². The summed E-state index contributed by atoms with van der Waals surface area (Å²) < 4.78 is 5.30. The van der Waals surface area contributed by atoms with Crippen LogP contribution in [0.4, 0.5) is 5.82 Å². The first kappa shape index (κ1) is 13.7. The first-order valence-electron chi connectivity index (χ1n) is 6.62. The third-order valence-electron chi connectivity index (χ3n) is 3.27. The molecule has 0 aliphatic carbocycles. The van der Waals surface area contributed by atoms with Crippen LogP contribution in [0.25, 0.3) is 0 Å². The zero-order valence-electron chi connectivity index (χ0n) is 11.4. The molecule has 1 saturated heterocycles. The fourth-order valence-electron chi connectivity index (χ4n) is 2.19. The van der Waals surface area contributed by atoms with Crippen molar-refractivity contribution >= 4 is 11.7 Å². The summed E-state index contributed by atoms with van der Waals surface area (Å²) in [5.74, 6) is 0.585. The summed E-state index contributed by atoms with van der Waals surface area (Å²) in [6.07, 6.45) is 5.16. The molecule has 1 aliphatic heterocycles. The van der Waals surface area contributed by atoms with Crippen molar-refractivity contribution in [3.05, 3.63) is 18.1 Å². The smallest absolute Gasteiger partial charge is 0.274 e. The van der Waals surface area contributed by atoms with Gasteiger partial charge in [-0.15, -0.1) is 0 Å². The minimum atomic E-state index is -0.0539. The molecule has 1 aromatic rings. The summed E-state index contributed by atoms with van der Waals surface area (Å²) >= 11 is 0. The molecule has 1 amide bonds. The van der Waals surface area contributed by atoms with Crippen molar-refractivity contribution < 1.29 is 9.53 Å². The molecule has 1 N–H and O–H groups in total. The Morgan fingerprint density at radius 2 is 2.21 bits per heavy atom. The van der Waals surface area contributed by atoms with Gasteiger partial charge in [0.1, 0.15) is 11.5 Å². The van der Waals surface area contributed by atoms with Crippen LogP contribution in [0.1, 0.15) is 30.3 Å². The molecule has 1 aromatic heterocycles. The van der Waals surface area contributed by atoms with Gasteiger partial charge in [-0.05, 0) is 19.8 Å². The third kappa shape index (κ3) is 3.41. The molecule has 1 fully saturated rings. The fourth-order valence-corrected chi connectivity index (χ4v) is 2.19. The number of rotatable bonds is 4. The normalized spacial score (nSPS) is 16.4. The number of nitrogens with zero attached hydrogens (tertiary/aromatic N) is 3. The molecule has 0 saturated carbocycles. The number of ether oxygens (including phenoxy) is 1. The highest BCUT2D eigenvalue weighted by Gasteiger charge is 2.24. The molecule has 104 valence electrons. The molecule has 2 rings (SSSR count). The second-order valence-corrected chi connectivity index (χ2v) is 4.55. The number of likely N-dealkylation sites (tertiary alicyclic amines) is 1. The van der Waals surface area contributed by atoms with Crippen LogP contribution >= 0.6 is 0 Å². The predicted molar refractivity (Wildman–Crippen MR) is 72.1 cm³/mol. The van der Waals surface area contributed by atoms with Crippen molar-refractivity contribution in [2.24, 2.45) is 0 Å². The SMILES string of the molecule is CCNc1cncc(C(=O)N2CCC(OC)CC2)n1. The number of piperidine rings is 1. The molecule has 1 aliphatic rings. The van der Waals surface area contributed by atoms with E-state index in [2.05, 4.69) is 15.3 Å². The Morgan fingerprint density at radius 1 is 1.47 bits per heavy atom. The molecular weight excluding hydrogens is 244 g/mol. The maximum Gasteiger partial charge on any atom is 0.274 e. The number of carbonyl (C=O) groups is 1. The van der Waals surface area contributed by atoms with E-state index in [9.17, 15) is 4.79 Å². The van der Waals surface area contributed by atoms with Crippen LogP contribution < -0.4 is 5.32 Å². The average molecular weight is 264 g/mol. The Kier molecular flexibility index (Phi) is 4.68. The van der Waals surface area contributed by atoms with Crippen molar-refractivity contribution in [3.63, 3.8) is 0 Å². The zero-order chi connectivity index (χ0) is 13.7. The van der Waals surface area contributed by atoms with Crippen LogP contribution in [-0.2, 0) is 4.74 Å². The molecule has 0 unspecified atom stereocenters. The van der Waals surface area contributed by atoms with Crippen LogP contribution in [0.2, 0.25) is 0 Å². The number of amides is 1. The van der Waals surface area contributed by atoms with Gasteiger partial charge in [0.15, 0.2) is 0 Å². The van der Waals surface area contributed by atoms with E-state index in [1.165, 1.54) is 6.20 Å². The first-order valence-corrected chi connectivity index (χ1v) is 6.62. The highest BCUT2D eigenvalue weighted by atomic mass is 16.5. The summed E-state index contributed by atoms with van der Waals surface area (Å²) in [7, 11) is 1.72. The maximum absolute atomic E-state index is 12.3. The van der Waals surface area contributed by atoms with Crippen molar-refractivity contribution in [2.45, 2.75) is 25.9 Å². The molecule has 0 spiro atoms. The number of hydrogen-bond acceptors (Lipinski definition) is 5. The van der Waals surface area contributed by atoms with Crippen molar-refractivity contribution in [2.75, 3.05) is 32.1 Å². The molecule has 6 nitrogen and oxygen atoms in total. The second kappa shape index (κ2) is 6.47. The quantitative estimate of drug-likeness (QED) is 0.884. The van der Waals surface area contributed by atoms with E-state index in [0.29, 0.717) is 24.6 Å². The van der Waals surface area contributed by atoms with Crippen molar-refractivity contribution in [1.29, 1.82) is 0 Å². The Labute approximate surface area is 113 Å². The number of hydrogen-bond donors (Lipinski definition) is 1. The highest BCUT2D eigenvalue weighted by Crippen LogP contribution is 2.15. The molecule has 0 radical (unpaired) electrons. The van der Waals surface area contributed by atoms with Crippen LogP contribution in [0, 0.1) is 0 Å². The van der Waals surface area contributed by atoms with Crippen molar-refractivity contribution in [3.8, 4) is 0 Å². The van der Waals surface area contributed by atoms with E-state index < -0.39 is 0 Å².